The van der Waals surface area contributed by atoms with E-state index in [4.69, 9.17) is 11.5 Å². The Morgan fingerprint density at radius 1 is 1.38 bits per heavy atom. The maximum absolute atomic E-state index is 11.5. The van der Waals surface area contributed by atoms with Gasteiger partial charge in [-0.2, -0.15) is 0 Å². The van der Waals surface area contributed by atoms with Gasteiger partial charge in [-0.1, -0.05) is 0 Å². The summed E-state index contributed by atoms with van der Waals surface area (Å²) >= 11 is 0. The van der Waals surface area contributed by atoms with Gasteiger partial charge in [0.15, 0.2) is 0 Å². The molecule has 0 aromatic carbocycles. The van der Waals surface area contributed by atoms with Crippen molar-refractivity contribution >= 4 is 11.8 Å². The largest absolute Gasteiger partial charge is 0.370 e. The lowest BCUT2D eigenvalue weighted by molar-refractivity contribution is -0.126. The van der Waals surface area contributed by atoms with Crippen molar-refractivity contribution in [3.8, 4) is 0 Å². The van der Waals surface area contributed by atoms with Crippen LogP contribution in [-0.2, 0) is 9.59 Å². The summed E-state index contributed by atoms with van der Waals surface area (Å²) in [7, 11) is 3.93. The van der Waals surface area contributed by atoms with Crippen LogP contribution in [0.4, 0.5) is 0 Å². The summed E-state index contributed by atoms with van der Waals surface area (Å²) in [4.78, 5) is 24.1. The van der Waals surface area contributed by atoms with E-state index in [1.54, 1.807) is 0 Å². The van der Waals surface area contributed by atoms with Crippen LogP contribution in [0, 0.1) is 0 Å². The van der Waals surface area contributed by atoms with Crippen LogP contribution in [0.1, 0.15) is 19.8 Å². The fraction of sp³-hybridized carbons (Fsp3) is 0.800. The van der Waals surface area contributed by atoms with Gasteiger partial charge in [-0.3, -0.25) is 9.59 Å². The SMILES string of the molecule is CC(CCN(C)C)NC(=O)C(N)CC(N)=O. The first kappa shape index (κ1) is 14.9. The fourth-order valence-electron chi connectivity index (χ4n) is 1.18. The molecule has 0 radical (unpaired) electrons. The number of primary amides is 1. The monoisotopic (exact) mass is 230 g/mol. The van der Waals surface area contributed by atoms with Crippen molar-refractivity contribution in [3.05, 3.63) is 0 Å². The van der Waals surface area contributed by atoms with Gasteiger partial charge in [0.25, 0.3) is 0 Å². The number of amides is 2. The van der Waals surface area contributed by atoms with Gasteiger partial charge in [-0.05, 0) is 34.0 Å². The van der Waals surface area contributed by atoms with E-state index in [1.165, 1.54) is 0 Å². The normalized spacial score (nSPS) is 14.6. The smallest absolute Gasteiger partial charge is 0.237 e. The molecule has 0 aliphatic rings. The lowest BCUT2D eigenvalue weighted by Crippen LogP contribution is -2.46. The van der Waals surface area contributed by atoms with Gasteiger partial charge in [-0.15, -0.1) is 0 Å². The predicted molar refractivity (Wildman–Crippen MR) is 62.6 cm³/mol. The molecule has 0 heterocycles. The molecule has 0 bridgehead atoms. The average molecular weight is 230 g/mol. The van der Waals surface area contributed by atoms with Crippen LogP contribution in [0.15, 0.2) is 0 Å². The van der Waals surface area contributed by atoms with Gasteiger partial charge in [0.1, 0.15) is 0 Å². The number of nitrogens with two attached hydrogens (primary N) is 2. The van der Waals surface area contributed by atoms with Crippen LogP contribution < -0.4 is 16.8 Å². The number of nitrogens with one attached hydrogen (secondary N) is 1. The first-order valence-electron chi connectivity index (χ1n) is 5.32. The van der Waals surface area contributed by atoms with Crippen LogP contribution in [0.5, 0.6) is 0 Å². The molecule has 0 saturated carbocycles. The van der Waals surface area contributed by atoms with E-state index in [0.29, 0.717) is 0 Å². The van der Waals surface area contributed by atoms with E-state index in [1.807, 2.05) is 25.9 Å². The number of carbonyl (C=O) groups is 2. The molecule has 0 aliphatic carbocycles. The van der Waals surface area contributed by atoms with Crippen molar-refractivity contribution in [1.29, 1.82) is 0 Å². The van der Waals surface area contributed by atoms with Crippen LogP contribution in [-0.4, -0.2) is 49.4 Å². The number of rotatable bonds is 7. The molecule has 6 heteroatoms. The van der Waals surface area contributed by atoms with Gasteiger partial charge in [0, 0.05) is 6.04 Å². The minimum Gasteiger partial charge on any atom is -0.370 e. The van der Waals surface area contributed by atoms with Gasteiger partial charge >= 0.3 is 0 Å². The zero-order chi connectivity index (χ0) is 12.7. The molecule has 2 unspecified atom stereocenters. The van der Waals surface area contributed by atoms with Gasteiger partial charge in [0.05, 0.1) is 12.5 Å². The van der Waals surface area contributed by atoms with Crippen molar-refractivity contribution in [1.82, 2.24) is 10.2 Å². The van der Waals surface area contributed by atoms with Crippen LogP contribution in [0.25, 0.3) is 0 Å². The molecule has 5 N–H and O–H groups in total. The van der Waals surface area contributed by atoms with Crippen molar-refractivity contribution in [2.24, 2.45) is 11.5 Å². The minimum absolute atomic E-state index is 0.0360. The number of carbonyl (C=O) groups excluding carboxylic acids is 2. The Hall–Kier alpha value is -1.14. The Bertz CT molecular complexity index is 243. The molecule has 0 aliphatic heterocycles. The quantitative estimate of drug-likeness (QED) is 0.503. The lowest BCUT2D eigenvalue weighted by atomic mass is 10.1. The molecule has 16 heavy (non-hydrogen) atoms. The molecule has 0 spiro atoms. The number of nitrogens with zero attached hydrogens (tertiary/aromatic N) is 1. The van der Waals surface area contributed by atoms with Crippen molar-refractivity contribution in [3.63, 3.8) is 0 Å². The van der Waals surface area contributed by atoms with Gasteiger partial charge < -0.3 is 21.7 Å². The predicted octanol–water partition coefficient (Wildman–Crippen LogP) is -1.35. The third-order valence-corrected chi connectivity index (χ3v) is 2.16. The standard InChI is InChI=1S/C10H22N4O2/c1-7(4-5-14(2)3)13-10(16)8(11)6-9(12)15/h7-8H,4-6,11H2,1-3H3,(H2,12,15)(H,13,16). The topological polar surface area (TPSA) is 101 Å². The molecule has 6 nitrogen and oxygen atoms in total. The zero-order valence-electron chi connectivity index (χ0n) is 10.2. The Labute approximate surface area is 96.3 Å². The van der Waals surface area contributed by atoms with E-state index in [2.05, 4.69) is 5.32 Å². The van der Waals surface area contributed by atoms with Crippen LogP contribution in [0.3, 0.4) is 0 Å². The Kier molecular flexibility index (Phi) is 6.67. The Balaban J connectivity index is 3.89. The molecular formula is C10H22N4O2. The molecule has 0 aromatic heterocycles. The first-order chi connectivity index (χ1) is 7.32. The van der Waals surface area contributed by atoms with Crippen LogP contribution in [0.2, 0.25) is 0 Å². The van der Waals surface area contributed by atoms with E-state index < -0.39 is 11.9 Å². The summed E-state index contributed by atoms with van der Waals surface area (Å²) in [5, 5.41) is 2.74. The summed E-state index contributed by atoms with van der Waals surface area (Å²) in [6, 6.07) is -0.812. The highest BCUT2D eigenvalue weighted by molar-refractivity contribution is 5.87. The summed E-state index contributed by atoms with van der Waals surface area (Å²) in [5.74, 6) is -0.895. The van der Waals surface area contributed by atoms with Crippen molar-refractivity contribution in [2.45, 2.75) is 31.8 Å². The first-order valence-corrected chi connectivity index (χ1v) is 5.32. The average Bonchev–Trinajstić information content (AvgIpc) is 2.13. The molecule has 0 aromatic rings. The van der Waals surface area contributed by atoms with E-state index in [-0.39, 0.29) is 18.4 Å². The second-order valence-electron chi connectivity index (χ2n) is 4.28. The number of hydrogen-bond acceptors (Lipinski definition) is 4. The minimum atomic E-state index is -0.848. The van der Waals surface area contributed by atoms with E-state index in [0.717, 1.165) is 13.0 Å². The number of hydrogen-bond donors (Lipinski definition) is 3. The summed E-state index contributed by atoms with van der Waals surface area (Å²) in [6.45, 7) is 2.78. The third kappa shape index (κ3) is 7.19. The molecule has 0 fully saturated rings. The second kappa shape index (κ2) is 7.19. The Morgan fingerprint density at radius 2 is 1.94 bits per heavy atom. The lowest BCUT2D eigenvalue weighted by Gasteiger charge is -2.18. The molecular weight excluding hydrogens is 208 g/mol. The van der Waals surface area contributed by atoms with Crippen molar-refractivity contribution < 1.29 is 9.59 Å². The highest BCUT2D eigenvalue weighted by Gasteiger charge is 2.17. The molecule has 0 saturated heterocycles. The zero-order valence-corrected chi connectivity index (χ0v) is 10.2. The third-order valence-electron chi connectivity index (χ3n) is 2.16. The highest BCUT2D eigenvalue weighted by atomic mass is 16.2. The van der Waals surface area contributed by atoms with Gasteiger partial charge in [0.2, 0.25) is 11.8 Å². The van der Waals surface area contributed by atoms with E-state index >= 15 is 0 Å². The Morgan fingerprint density at radius 3 is 2.38 bits per heavy atom. The molecule has 2 atom stereocenters. The summed E-state index contributed by atoms with van der Waals surface area (Å²) < 4.78 is 0. The van der Waals surface area contributed by atoms with Crippen LogP contribution >= 0.6 is 0 Å². The maximum atomic E-state index is 11.5. The second-order valence-corrected chi connectivity index (χ2v) is 4.28. The maximum Gasteiger partial charge on any atom is 0.237 e. The van der Waals surface area contributed by atoms with Crippen molar-refractivity contribution in [2.75, 3.05) is 20.6 Å². The summed E-state index contributed by atoms with van der Waals surface area (Å²) in [5.41, 5.74) is 10.5. The fourth-order valence-corrected chi connectivity index (χ4v) is 1.18. The molecule has 0 rings (SSSR count). The summed E-state index contributed by atoms with van der Waals surface area (Å²) in [6.07, 6.45) is 0.717. The van der Waals surface area contributed by atoms with E-state index in [9.17, 15) is 9.59 Å². The molecule has 2 amide bonds. The van der Waals surface area contributed by atoms with Gasteiger partial charge in [-0.25, -0.2) is 0 Å². The highest BCUT2D eigenvalue weighted by Crippen LogP contribution is 1.94. The molecule has 94 valence electrons.